The number of nitrogens with zero attached hydrogens (tertiary/aromatic N) is 1. The minimum Gasteiger partial charge on any atom is -0.494 e. The molecule has 0 radical (unpaired) electrons. The van der Waals surface area contributed by atoms with Gasteiger partial charge in [0.05, 0.1) is 24.5 Å². The molecule has 0 bridgehead atoms. The van der Waals surface area contributed by atoms with Gasteiger partial charge in [0, 0.05) is 6.54 Å². The summed E-state index contributed by atoms with van der Waals surface area (Å²) in [6.45, 7) is 3.82. The molecule has 0 aliphatic carbocycles. The van der Waals surface area contributed by atoms with E-state index in [1.54, 1.807) is 24.3 Å². The molecule has 0 aliphatic rings. The molecule has 0 aromatic heterocycles. The molecule has 7 heteroatoms. The molecule has 0 saturated heterocycles. The molecule has 0 spiro atoms. The summed E-state index contributed by atoms with van der Waals surface area (Å²) in [6, 6.07) is 6.55. The van der Waals surface area contributed by atoms with E-state index in [4.69, 9.17) is 9.84 Å². The Morgan fingerprint density at radius 1 is 1.25 bits per heavy atom. The highest BCUT2D eigenvalue weighted by molar-refractivity contribution is 7.92. The van der Waals surface area contributed by atoms with E-state index in [9.17, 15) is 13.2 Å². The first-order valence-corrected chi connectivity index (χ1v) is 7.96. The standard InChI is InChI=1S/C13H19NO5S/c1-3-19-12-7-5-11(6-8-12)14(10-9-13(15)16)20(17,18)4-2/h5-8H,3-4,9-10H2,1-2H3,(H,15,16). The number of carboxylic acids is 1. The lowest BCUT2D eigenvalue weighted by molar-refractivity contribution is -0.136. The van der Waals surface area contributed by atoms with Crippen molar-refractivity contribution < 1.29 is 23.1 Å². The number of benzene rings is 1. The third kappa shape index (κ3) is 4.41. The van der Waals surface area contributed by atoms with Gasteiger partial charge in [0.2, 0.25) is 10.0 Å². The molecular weight excluding hydrogens is 282 g/mol. The van der Waals surface area contributed by atoms with Crippen LogP contribution in [0.5, 0.6) is 5.75 Å². The zero-order chi connectivity index (χ0) is 15.2. The zero-order valence-electron chi connectivity index (χ0n) is 11.6. The van der Waals surface area contributed by atoms with Gasteiger partial charge in [-0.25, -0.2) is 8.42 Å². The van der Waals surface area contributed by atoms with E-state index in [2.05, 4.69) is 0 Å². The van der Waals surface area contributed by atoms with Crippen molar-refractivity contribution in [2.24, 2.45) is 0 Å². The Hall–Kier alpha value is -1.76. The van der Waals surface area contributed by atoms with E-state index in [1.165, 1.54) is 6.92 Å². The summed E-state index contributed by atoms with van der Waals surface area (Å²) < 4.78 is 30.5. The third-order valence-electron chi connectivity index (χ3n) is 2.67. The van der Waals surface area contributed by atoms with Crippen LogP contribution < -0.4 is 9.04 Å². The van der Waals surface area contributed by atoms with Gasteiger partial charge in [0.15, 0.2) is 0 Å². The third-order valence-corrected chi connectivity index (χ3v) is 4.46. The van der Waals surface area contributed by atoms with E-state index < -0.39 is 16.0 Å². The Morgan fingerprint density at radius 3 is 2.30 bits per heavy atom. The fraction of sp³-hybridized carbons (Fsp3) is 0.462. The van der Waals surface area contributed by atoms with Crippen LogP contribution >= 0.6 is 0 Å². The molecular formula is C13H19NO5S. The summed E-state index contributed by atoms with van der Waals surface area (Å²) in [5, 5.41) is 8.72. The van der Waals surface area contributed by atoms with Gasteiger partial charge in [0.1, 0.15) is 5.75 Å². The summed E-state index contributed by atoms with van der Waals surface area (Å²) >= 11 is 0. The Balaban J connectivity index is 3.00. The predicted molar refractivity (Wildman–Crippen MR) is 76.7 cm³/mol. The van der Waals surface area contributed by atoms with E-state index in [0.717, 1.165) is 4.31 Å². The monoisotopic (exact) mass is 301 g/mol. The van der Waals surface area contributed by atoms with Gasteiger partial charge < -0.3 is 9.84 Å². The van der Waals surface area contributed by atoms with Gasteiger partial charge >= 0.3 is 5.97 Å². The van der Waals surface area contributed by atoms with Gasteiger partial charge in [-0.3, -0.25) is 9.10 Å². The maximum Gasteiger partial charge on any atom is 0.305 e. The second kappa shape index (κ2) is 7.14. The lowest BCUT2D eigenvalue weighted by Crippen LogP contribution is -2.34. The lowest BCUT2D eigenvalue weighted by atomic mass is 10.3. The fourth-order valence-corrected chi connectivity index (χ4v) is 2.78. The Morgan fingerprint density at radius 2 is 1.85 bits per heavy atom. The van der Waals surface area contributed by atoms with Crippen LogP contribution in [0.1, 0.15) is 20.3 Å². The van der Waals surface area contributed by atoms with E-state index in [1.807, 2.05) is 6.92 Å². The molecule has 6 nitrogen and oxygen atoms in total. The Kier molecular flexibility index (Phi) is 5.82. The number of carboxylic acid groups (broad SMARTS) is 1. The summed E-state index contributed by atoms with van der Waals surface area (Å²) in [6.07, 6.45) is -0.244. The number of sulfonamides is 1. The normalized spacial score (nSPS) is 11.1. The molecule has 1 N–H and O–H groups in total. The van der Waals surface area contributed by atoms with Crippen molar-refractivity contribution in [3.05, 3.63) is 24.3 Å². The SMILES string of the molecule is CCOc1ccc(N(CCC(=O)O)S(=O)(=O)CC)cc1. The molecule has 0 atom stereocenters. The maximum absolute atomic E-state index is 12.0. The average Bonchev–Trinajstić information content (AvgIpc) is 2.40. The molecule has 0 amide bonds. The van der Waals surface area contributed by atoms with Crippen molar-refractivity contribution in [3.8, 4) is 5.75 Å². The topological polar surface area (TPSA) is 83.9 Å². The van der Waals surface area contributed by atoms with Crippen LogP contribution in [0, 0.1) is 0 Å². The second-order valence-electron chi connectivity index (χ2n) is 4.04. The average molecular weight is 301 g/mol. The van der Waals surface area contributed by atoms with Crippen molar-refractivity contribution in [1.82, 2.24) is 0 Å². The molecule has 0 fully saturated rings. The first-order valence-electron chi connectivity index (χ1n) is 6.35. The van der Waals surface area contributed by atoms with Gasteiger partial charge in [-0.2, -0.15) is 0 Å². The molecule has 0 heterocycles. The summed E-state index contributed by atoms with van der Waals surface area (Å²) in [5.41, 5.74) is 0.441. The predicted octanol–water partition coefficient (Wildman–Crippen LogP) is 1.72. The molecule has 0 aliphatic heterocycles. The quantitative estimate of drug-likeness (QED) is 0.790. The highest BCUT2D eigenvalue weighted by Gasteiger charge is 2.21. The van der Waals surface area contributed by atoms with Crippen LogP contribution in [-0.2, 0) is 14.8 Å². The van der Waals surface area contributed by atoms with Gasteiger partial charge in [-0.05, 0) is 38.1 Å². The summed E-state index contributed by atoms with van der Waals surface area (Å²) in [4.78, 5) is 10.6. The molecule has 0 unspecified atom stereocenters. The van der Waals surface area contributed by atoms with Gasteiger partial charge in [0.25, 0.3) is 0 Å². The highest BCUT2D eigenvalue weighted by atomic mass is 32.2. The number of aliphatic carboxylic acids is 1. The highest BCUT2D eigenvalue weighted by Crippen LogP contribution is 2.22. The number of ether oxygens (including phenoxy) is 1. The van der Waals surface area contributed by atoms with Crippen LogP contribution in [0.15, 0.2) is 24.3 Å². The first kappa shape index (κ1) is 16.3. The molecule has 1 rings (SSSR count). The number of hydrogen-bond donors (Lipinski definition) is 1. The smallest absolute Gasteiger partial charge is 0.305 e. The van der Waals surface area contributed by atoms with E-state index in [-0.39, 0.29) is 18.7 Å². The minimum atomic E-state index is -3.50. The fourth-order valence-electron chi connectivity index (χ4n) is 1.66. The maximum atomic E-state index is 12.0. The van der Waals surface area contributed by atoms with Crippen molar-refractivity contribution in [2.45, 2.75) is 20.3 Å². The summed E-state index contributed by atoms with van der Waals surface area (Å²) in [7, 11) is -3.50. The first-order chi connectivity index (χ1) is 9.40. The largest absolute Gasteiger partial charge is 0.494 e. The number of rotatable bonds is 8. The van der Waals surface area contributed by atoms with Crippen LogP contribution in [0.25, 0.3) is 0 Å². The molecule has 0 saturated carbocycles. The van der Waals surface area contributed by atoms with Crippen molar-refractivity contribution in [1.29, 1.82) is 0 Å². The molecule has 20 heavy (non-hydrogen) atoms. The minimum absolute atomic E-state index is 0.0835. The van der Waals surface area contributed by atoms with Crippen molar-refractivity contribution >= 4 is 21.7 Å². The molecule has 112 valence electrons. The number of carbonyl (C=O) groups is 1. The van der Waals surface area contributed by atoms with E-state index >= 15 is 0 Å². The summed E-state index contributed by atoms with van der Waals surface area (Å²) in [5.74, 6) is -0.476. The number of anilines is 1. The van der Waals surface area contributed by atoms with Crippen LogP contribution in [0.2, 0.25) is 0 Å². The van der Waals surface area contributed by atoms with E-state index in [0.29, 0.717) is 18.0 Å². The number of hydrogen-bond acceptors (Lipinski definition) is 4. The van der Waals surface area contributed by atoms with Crippen LogP contribution in [-0.4, -0.2) is 38.4 Å². The molecule has 1 aromatic rings. The van der Waals surface area contributed by atoms with Crippen molar-refractivity contribution in [2.75, 3.05) is 23.2 Å². The van der Waals surface area contributed by atoms with Gasteiger partial charge in [-0.15, -0.1) is 0 Å². The second-order valence-corrected chi connectivity index (χ2v) is 6.23. The van der Waals surface area contributed by atoms with Gasteiger partial charge in [-0.1, -0.05) is 0 Å². The van der Waals surface area contributed by atoms with Crippen LogP contribution in [0.3, 0.4) is 0 Å². The zero-order valence-corrected chi connectivity index (χ0v) is 12.4. The lowest BCUT2D eigenvalue weighted by Gasteiger charge is -2.23. The molecule has 1 aromatic carbocycles. The van der Waals surface area contributed by atoms with Crippen molar-refractivity contribution in [3.63, 3.8) is 0 Å². The Bertz CT molecular complexity index is 538. The van der Waals surface area contributed by atoms with Crippen LogP contribution in [0.4, 0.5) is 5.69 Å². The Labute approximate surface area is 119 Å².